The highest BCUT2D eigenvalue weighted by atomic mass is 19.4. The lowest BCUT2D eigenvalue weighted by Crippen LogP contribution is -2.61. The first-order valence-corrected chi connectivity index (χ1v) is 7.41. The molecular formula is C14H17F3N6O. The lowest BCUT2D eigenvalue weighted by Gasteiger charge is -2.41. The number of nitrogens with zero attached hydrogens (tertiary/aromatic N) is 5. The van der Waals surface area contributed by atoms with Gasteiger partial charge in [-0.25, -0.2) is 0 Å². The first-order chi connectivity index (χ1) is 11.1. The summed E-state index contributed by atoms with van der Waals surface area (Å²) in [7, 11) is 0. The normalized spacial score (nSPS) is 16.3. The zero-order valence-corrected chi connectivity index (χ0v) is 13.4. The van der Waals surface area contributed by atoms with Gasteiger partial charge < -0.3 is 10.2 Å². The van der Waals surface area contributed by atoms with Crippen LogP contribution in [0.1, 0.15) is 26.6 Å². The number of alkyl halides is 3. The smallest absolute Gasteiger partial charge is 0.351 e. The lowest BCUT2D eigenvalue weighted by atomic mass is 9.94. The summed E-state index contributed by atoms with van der Waals surface area (Å²) in [4.78, 5) is 13.7. The molecule has 2 aromatic heterocycles. The maximum atomic E-state index is 12.9. The Bertz CT molecular complexity index is 773. The molecule has 3 heterocycles. The molecule has 0 bridgehead atoms. The van der Waals surface area contributed by atoms with Crippen molar-refractivity contribution in [3.8, 4) is 0 Å². The maximum absolute atomic E-state index is 12.9. The van der Waals surface area contributed by atoms with Crippen molar-refractivity contribution in [3.05, 3.63) is 18.0 Å². The summed E-state index contributed by atoms with van der Waals surface area (Å²) in [6.45, 7) is 6.44. The number of anilines is 1. The largest absolute Gasteiger partial charge is 0.453 e. The quantitative estimate of drug-likeness (QED) is 0.895. The van der Waals surface area contributed by atoms with Crippen LogP contribution in [-0.2, 0) is 11.0 Å². The number of fused-ring (bicyclic) bond motifs is 1. The fourth-order valence-electron chi connectivity index (χ4n) is 2.28. The van der Waals surface area contributed by atoms with Crippen LogP contribution in [0.15, 0.2) is 12.1 Å². The highest BCUT2D eigenvalue weighted by molar-refractivity contribution is 5.82. The van der Waals surface area contributed by atoms with Crippen LogP contribution in [0.25, 0.3) is 5.65 Å². The highest BCUT2D eigenvalue weighted by Crippen LogP contribution is 2.28. The van der Waals surface area contributed by atoms with E-state index >= 15 is 0 Å². The van der Waals surface area contributed by atoms with Crippen molar-refractivity contribution in [2.45, 2.75) is 33.0 Å². The van der Waals surface area contributed by atoms with Gasteiger partial charge >= 0.3 is 6.18 Å². The highest BCUT2D eigenvalue weighted by Gasteiger charge is 2.38. The van der Waals surface area contributed by atoms with Crippen LogP contribution in [-0.4, -0.2) is 44.8 Å². The monoisotopic (exact) mass is 342 g/mol. The van der Waals surface area contributed by atoms with E-state index in [9.17, 15) is 18.0 Å². The van der Waals surface area contributed by atoms with Crippen molar-refractivity contribution in [1.29, 1.82) is 0 Å². The molecule has 1 saturated heterocycles. The molecule has 0 aromatic carbocycles. The topological polar surface area (TPSA) is 75.4 Å². The number of carbonyl (C=O) groups excluding carboxylic acids is 1. The van der Waals surface area contributed by atoms with E-state index in [-0.39, 0.29) is 17.6 Å². The molecule has 0 saturated carbocycles. The van der Waals surface area contributed by atoms with Crippen molar-refractivity contribution >= 4 is 17.4 Å². The number of amides is 1. The molecule has 0 aliphatic carbocycles. The predicted octanol–water partition coefficient (Wildman–Crippen LogP) is 1.49. The Balaban J connectivity index is 1.72. The second-order valence-electron chi connectivity index (χ2n) is 6.81. The van der Waals surface area contributed by atoms with E-state index in [0.717, 1.165) is 0 Å². The fraction of sp³-hybridized carbons (Fsp3) is 0.571. The molecule has 24 heavy (non-hydrogen) atoms. The summed E-state index contributed by atoms with van der Waals surface area (Å²) in [6.07, 6.45) is -4.62. The predicted molar refractivity (Wildman–Crippen MR) is 79.4 cm³/mol. The van der Waals surface area contributed by atoms with Gasteiger partial charge in [-0.2, -0.15) is 17.7 Å². The minimum absolute atomic E-state index is 0.0317. The molecule has 0 unspecified atom stereocenters. The fourth-order valence-corrected chi connectivity index (χ4v) is 2.28. The van der Waals surface area contributed by atoms with E-state index in [1.54, 1.807) is 11.0 Å². The first-order valence-electron chi connectivity index (χ1n) is 7.41. The van der Waals surface area contributed by atoms with E-state index < -0.39 is 17.4 Å². The number of hydrogen-bond acceptors (Lipinski definition) is 5. The number of aromatic nitrogens is 4. The summed E-state index contributed by atoms with van der Waals surface area (Å²) >= 11 is 0. The third kappa shape index (κ3) is 3.00. The van der Waals surface area contributed by atoms with Crippen LogP contribution in [0.2, 0.25) is 0 Å². The Hall–Kier alpha value is -2.39. The number of halogens is 3. The number of hydrogen-bond donors (Lipinski definition) is 1. The van der Waals surface area contributed by atoms with Crippen molar-refractivity contribution in [1.82, 2.24) is 25.1 Å². The van der Waals surface area contributed by atoms with Gasteiger partial charge in [0.25, 0.3) is 5.82 Å². The molecule has 0 atom stereocenters. The average molecular weight is 342 g/mol. The Morgan fingerprint density at radius 2 is 1.88 bits per heavy atom. The summed E-state index contributed by atoms with van der Waals surface area (Å²) in [5.74, 6) is -0.833. The summed E-state index contributed by atoms with van der Waals surface area (Å²) in [6, 6.07) is 2.98. The van der Waals surface area contributed by atoms with Gasteiger partial charge in [-0.15, -0.1) is 15.3 Å². The third-order valence-corrected chi connectivity index (χ3v) is 3.72. The van der Waals surface area contributed by atoms with Crippen LogP contribution in [0.3, 0.4) is 0 Å². The molecular weight excluding hydrogens is 325 g/mol. The Morgan fingerprint density at radius 3 is 2.46 bits per heavy atom. The Morgan fingerprint density at radius 1 is 1.21 bits per heavy atom. The molecule has 10 heteroatoms. The van der Waals surface area contributed by atoms with Crippen molar-refractivity contribution in [3.63, 3.8) is 0 Å². The van der Waals surface area contributed by atoms with E-state index in [1.807, 2.05) is 20.8 Å². The number of carbonyl (C=O) groups is 1. The lowest BCUT2D eigenvalue weighted by molar-refractivity contribution is -0.146. The Kier molecular flexibility index (Phi) is 3.65. The number of nitrogens with one attached hydrogen (secondary N) is 1. The van der Waals surface area contributed by atoms with Crippen LogP contribution >= 0.6 is 0 Å². The van der Waals surface area contributed by atoms with Gasteiger partial charge in [0.15, 0.2) is 5.65 Å². The van der Waals surface area contributed by atoms with Gasteiger partial charge in [-0.05, 0) is 12.1 Å². The van der Waals surface area contributed by atoms with Crippen molar-refractivity contribution in [2.75, 3.05) is 18.0 Å². The molecule has 1 aliphatic rings. The third-order valence-electron chi connectivity index (χ3n) is 3.72. The zero-order valence-electron chi connectivity index (χ0n) is 13.4. The van der Waals surface area contributed by atoms with Crippen LogP contribution in [0.4, 0.5) is 19.0 Å². The minimum Gasteiger partial charge on any atom is -0.351 e. The van der Waals surface area contributed by atoms with E-state index in [1.165, 1.54) is 6.07 Å². The average Bonchev–Trinajstić information content (AvgIpc) is 2.83. The van der Waals surface area contributed by atoms with Gasteiger partial charge in [0.1, 0.15) is 5.82 Å². The molecule has 2 aromatic rings. The molecule has 1 amide bonds. The van der Waals surface area contributed by atoms with E-state index in [0.29, 0.717) is 23.4 Å². The molecule has 0 radical (unpaired) electrons. The van der Waals surface area contributed by atoms with E-state index in [4.69, 9.17) is 0 Å². The molecule has 1 aliphatic heterocycles. The molecule has 3 rings (SSSR count). The molecule has 1 N–H and O–H groups in total. The summed E-state index contributed by atoms with van der Waals surface area (Å²) < 4.78 is 39.3. The van der Waals surface area contributed by atoms with Crippen molar-refractivity contribution in [2.24, 2.45) is 5.41 Å². The van der Waals surface area contributed by atoms with Gasteiger partial charge in [-0.1, -0.05) is 20.8 Å². The molecule has 0 spiro atoms. The standard InChI is InChI=1S/C14H17F3N6O/c1-13(2,3)12(24)18-8-6-22(7-8)10-5-4-9-19-20-11(14(15,16)17)23(9)21-10/h4-5,8H,6-7H2,1-3H3,(H,18,24). The first kappa shape index (κ1) is 16.5. The molecule has 7 nitrogen and oxygen atoms in total. The summed E-state index contributed by atoms with van der Waals surface area (Å²) in [5.41, 5.74) is -0.453. The second-order valence-corrected chi connectivity index (χ2v) is 6.81. The van der Waals surface area contributed by atoms with Crippen LogP contribution in [0.5, 0.6) is 0 Å². The summed E-state index contributed by atoms with van der Waals surface area (Å²) in [5, 5.41) is 13.5. The van der Waals surface area contributed by atoms with Crippen LogP contribution < -0.4 is 10.2 Å². The van der Waals surface area contributed by atoms with Crippen molar-refractivity contribution < 1.29 is 18.0 Å². The van der Waals surface area contributed by atoms with Gasteiger partial charge in [0.2, 0.25) is 5.91 Å². The Labute approximate surface area is 135 Å². The van der Waals surface area contributed by atoms with Gasteiger partial charge in [0.05, 0.1) is 6.04 Å². The van der Waals surface area contributed by atoms with Gasteiger partial charge in [-0.3, -0.25) is 4.79 Å². The minimum atomic E-state index is -4.62. The maximum Gasteiger partial charge on any atom is 0.453 e. The van der Waals surface area contributed by atoms with Gasteiger partial charge in [0, 0.05) is 18.5 Å². The number of rotatable bonds is 2. The second kappa shape index (κ2) is 5.32. The molecule has 130 valence electrons. The van der Waals surface area contributed by atoms with E-state index in [2.05, 4.69) is 20.6 Å². The SMILES string of the molecule is CC(C)(C)C(=O)NC1CN(c2ccc3nnc(C(F)(F)F)n3n2)C1. The zero-order chi connectivity index (χ0) is 17.7. The van der Waals surface area contributed by atoms with Crippen LogP contribution in [0, 0.1) is 5.41 Å². The molecule has 1 fully saturated rings.